The van der Waals surface area contributed by atoms with E-state index in [1.54, 1.807) is 6.07 Å². The van der Waals surface area contributed by atoms with E-state index in [0.29, 0.717) is 25.4 Å². The van der Waals surface area contributed by atoms with Gasteiger partial charge in [-0.2, -0.15) is 0 Å². The summed E-state index contributed by atoms with van der Waals surface area (Å²) in [5.41, 5.74) is 0.780. The van der Waals surface area contributed by atoms with E-state index in [1.165, 1.54) is 0 Å². The van der Waals surface area contributed by atoms with Gasteiger partial charge in [-0.1, -0.05) is 32.4 Å². The van der Waals surface area contributed by atoms with Crippen molar-refractivity contribution in [1.29, 1.82) is 0 Å². The largest absolute Gasteiger partial charge is 0.504 e. The molecule has 1 aromatic carbocycles. The summed E-state index contributed by atoms with van der Waals surface area (Å²) in [5, 5.41) is 23.0. The first kappa shape index (κ1) is 15.8. The molecule has 4 heteroatoms. The van der Waals surface area contributed by atoms with E-state index in [2.05, 4.69) is 12.2 Å². The van der Waals surface area contributed by atoms with Crippen LogP contribution in [0.15, 0.2) is 18.2 Å². The molecule has 19 heavy (non-hydrogen) atoms. The average molecular weight is 267 g/mol. The first-order valence-electron chi connectivity index (χ1n) is 6.92. The third kappa shape index (κ3) is 4.73. The van der Waals surface area contributed by atoms with Gasteiger partial charge in [-0.3, -0.25) is 0 Å². The molecule has 0 amide bonds. The molecule has 0 spiro atoms. The molecule has 108 valence electrons. The smallest absolute Gasteiger partial charge is 0.162 e. The van der Waals surface area contributed by atoms with Crippen LogP contribution in [0.3, 0.4) is 0 Å². The predicted octanol–water partition coefficient (Wildman–Crippen LogP) is 2.29. The molecule has 0 saturated carbocycles. The number of hydrogen-bond donors (Lipinski definition) is 3. The number of aromatic hydroxyl groups is 1. The summed E-state index contributed by atoms with van der Waals surface area (Å²) in [6.45, 7) is 7.53. The second-order valence-corrected chi connectivity index (χ2v) is 4.78. The number of para-hydroxylation sites is 1. The van der Waals surface area contributed by atoms with Gasteiger partial charge in [-0.15, -0.1) is 0 Å². The van der Waals surface area contributed by atoms with E-state index in [4.69, 9.17) is 4.74 Å². The Morgan fingerprint density at radius 3 is 2.68 bits per heavy atom. The van der Waals surface area contributed by atoms with Crippen molar-refractivity contribution < 1.29 is 14.9 Å². The van der Waals surface area contributed by atoms with Crippen LogP contribution in [0.4, 0.5) is 0 Å². The van der Waals surface area contributed by atoms with Crippen LogP contribution in [-0.2, 0) is 6.54 Å². The molecular weight excluding hydrogens is 242 g/mol. The first-order chi connectivity index (χ1) is 9.10. The maximum atomic E-state index is 10.0. The highest BCUT2D eigenvalue weighted by molar-refractivity contribution is 5.45. The summed E-state index contributed by atoms with van der Waals surface area (Å²) in [7, 11) is 0. The van der Waals surface area contributed by atoms with Crippen LogP contribution < -0.4 is 10.1 Å². The highest BCUT2D eigenvalue weighted by atomic mass is 16.5. The lowest BCUT2D eigenvalue weighted by atomic mass is 10.0. The first-order valence-corrected chi connectivity index (χ1v) is 6.92. The third-order valence-corrected chi connectivity index (χ3v) is 3.35. The minimum atomic E-state index is -0.359. The Morgan fingerprint density at radius 1 is 1.32 bits per heavy atom. The van der Waals surface area contributed by atoms with Gasteiger partial charge in [0.2, 0.25) is 0 Å². The topological polar surface area (TPSA) is 61.7 Å². The fourth-order valence-corrected chi connectivity index (χ4v) is 1.81. The molecule has 2 unspecified atom stereocenters. The zero-order chi connectivity index (χ0) is 14.3. The maximum Gasteiger partial charge on any atom is 0.162 e. The standard InChI is InChI=1S/C15H25NO3/c1-4-11(3)13(17)10-16-9-12-7-6-8-14(15(12)18)19-5-2/h6-8,11,13,16-18H,4-5,9-10H2,1-3H3. The van der Waals surface area contributed by atoms with Crippen molar-refractivity contribution in [3.8, 4) is 11.5 Å². The molecule has 0 aliphatic rings. The lowest BCUT2D eigenvalue weighted by Gasteiger charge is -2.18. The molecule has 0 aliphatic heterocycles. The van der Waals surface area contributed by atoms with E-state index in [1.807, 2.05) is 26.0 Å². The molecule has 0 aromatic heterocycles. The van der Waals surface area contributed by atoms with Crippen molar-refractivity contribution in [2.75, 3.05) is 13.2 Å². The molecule has 1 aromatic rings. The number of aliphatic hydroxyl groups is 1. The predicted molar refractivity (Wildman–Crippen MR) is 76.4 cm³/mol. The number of rotatable bonds is 8. The van der Waals surface area contributed by atoms with Crippen LogP contribution in [0.1, 0.15) is 32.8 Å². The Balaban J connectivity index is 2.51. The number of aliphatic hydroxyl groups excluding tert-OH is 1. The summed E-state index contributed by atoms with van der Waals surface area (Å²) in [5.74, 6) is 0.954. The summed E-state index contributed by atoms with van der Waals surface area (Å²) in [6.07, 6.45) is 0.593. The van der Waals surface area contributed by atoms with Crippen molar-refractivity contribution >= 4 is 0 Å². The van der Waals surface area contributed by atoms with Crippen LogP contribution in [-0.4, -0.2) is 29.5 Å². The SMILES string of the molecule is CCOc1cccc(CNCC(O)C(C)CC)c1O. The number of phenolic OH excluding ortho intramolecular Hbond substituents is 1. The monoisotopic (exact) mass is 267 g/mol. The molecule has 0 radical (unpaired) electrons. The molecule has 0 aliphatic carbocycles. The highest BCUT2D eigenvalue weighted by Gasteiger charge is 2.12. The minimum Gasteiger partial charge on any atom is -0.504 e. The molecular formula is C15H25NO3. The van der Waals surface area contributed by atoms with Crippen LogP contribution >= 0.6 is 0 Å². The number of hydrogen-bond acceptors (Lipinski definition) is 4. The van der Waals surface area contributed by atoms with Crippen molar-refractivity contribution in [2.45, 2.75) is 39.8 Å². The van der Waals surface area contributed by atoms with E-state index >= 15 is 0 Å². The lowest BCUT2D eigenvalue weighted by Crippen LogP contribution is -2.31. The number of ether oxygens (including phenoxy) is 1. The molecule has 0 saturated heterocycles. The maximum absolute atomic E-state index is 10.0. The molecule has 0 heterocycles. The summed E-state index contributed by atoms with van der Waals surface area (Å²) < 4.78 is 5.33. The van der Waals surface area contributed by atoms with Crippen LogP contribution in [0, 0.1) is 5.92 Å². The number of benzene rings is 1. The Morgan fingerprint density at radius 2 is 2.05 bits per heavy atom. The van der Waals surface area contributed by atoms with Gasteiger partial charge in [0.15, 0.2) is 11.5 Å². The van der Waals surface area contributed by atoms with Gasteiger partial charge in [0.1, 0.15) is 0 Å². The van der Waals surface area contributed by atoms with Gasteiger partial charge >= 0.3 is 0 Å². The van der Waals surface area contributed by atoms with Crippen molar-refractivity contribution in [3.05, 3.63) is 23.8 Å². The normalized spacial score (nSPS) is 14.1. The number of phenols is 1. The Kier molecular flexibility index (Phi) is 6.67. The second kappa shape index (κ2) is 8.02. The van der Waals surface area contributed by atoms with Crippen LogP contribution in [0.25, 0.3) is 0 Å². The Bertz CT molecular complexity index is 382. The van der Waals surface area contributed by atoms with Gasteiger partial charge in [-0.05, 0) is 18.9 Å². The van der Waals surface area contributed by atoms with Crippen molar-refractivity contribution in [3.63, 3.8) is 0 Å². The fraction of sp³-hybridized carbons (Fsp3) is 0.600. The second-order valence-electron chi connectivity index (χ2n) is 4.78. The van der Waals surface area contributed by atoms with E-state index in [0.717, 1.165) is 12.0 Å². The molecule has 2 atom stereocenters. The fourth-order valence-electron chi connectivity index (χ4n) is 1.81. The van der Waals surface area contributed by atoms with E-state index < -0.39 is 0 Å². The average Bonchev–Trinajstić information content (AvgIpc) is 2.42. The van der Waals surface area contributed by atoms with Crippen molar-refractivity contribution in [2.24, 2.45) is 5.92 Å². The third-order valence-electron chi connectivity index (χ3n) is 3.35. The quantitative estimate of drug-likeness (QED) is 0.676. The molecule has 0 fully saturated rings. The Hall–Kier alpha value is -1.26. The molecule has 3 N–H and O–H groups in total. The van der Waals surface area contributed by atoms with Gasteiger partial charge < -0.3 is 20.3 Å². The summed E-state index contributed by atoms with van der Waals surface area (Å²) in [6, 6.07) is 5.45. The minimum absolute atomic E-state index is 0.176. The van der Waals surface area contributed by atoms with E-state index in [-0.39, 0.29) is 17.8 Å². The van der Waals surface area contributed by atoms with Crippen LogP contribution in [0.2, 0.25) is 0 Å². The summed E-state index contributed by atoms with van der Waals surface area (Å²) >= 11 is 0. The molecule has 0 bridgehead atoms. The van der Waals surface area contributed by atoms with Crippen molar-refractivity contribution in [1.82, 2.24) is 5.32 Å². The highest BCUT2D eigenvalue weighted by Crippen LogP contribution is 2.29. The zero-order valence-electron chi connectivity index (χ0n) is 12.0. The van der Waals surface area contributed by atoms with Crippen LogP contribution in [0.5, 0.6) is 11.5 Å². The van der Waals surface area contributed by atoms with Gasteiger partial charge in [0.05, 0.1) is 12.7 Å². The Labute approximate surface area is 115 Å². The van der Waals surface area contributed by atoms with Gasteiger partial charge in [0, 0.05) is 18.7 Å². The molecule has 4 nitrogen and oxygen atoms in total. The van der Waals surface area contributed by atoms with E-state index in [9.17, 15) is 10.2 Å². The number of nitrogens with one attached hydrogen (secondary N) is 1. The summed E-state index contributed by atoms with van der Waals surface area (Å²) in [4.78, 5) is 0. The lowest BCUT2D eigenvalue weighted by molar-refractivity contribution is 0.112. The molecule has 1 rings (SSSR count). The zero-order valence-corrected chi connectivity index (χ0v) is 12.0. The van der Waals surface area contributed by atoms with Gasteiger partial charge in [0.25, 0.3) is 0 Å². The van der Waals surface area contributed by atoms with Gasteiger partial charge in [-0.25, -0.2) is 0 Å².